The van der Waals surface area contributed by atoms with Gasteiger partial charge in [0.1, 0.15) is 0 Å². The third kappa shape index (κ3) is 4.43. The van der Waals surface area contributed by atoms with Crippen LogP contribution >= 0.6 is 23.2 Å². The SMILES string of the molecule is CCC(=N/N=C(\CC)c1ccc(Cl)cc1)c1ccc(Cl)cc1. The van der Waals surface area contributed by atoms with Crippen molar-refractivity contribution in [1.82, 2.24) is 0 Å². The van der Waals surface area contributed by atoms with E-state index in [9.17, 15) is 0 Å². The first-order valence-corrected chi connectivity index (χ1v) is 8.05. The largest absolute Gasteiger partial charge is 0.155 e. The lowest BCUT2D eigenvalue weighted by Gasteiger charge is -2.05. The third-order valence-electron chi connectivity index (χ3n) is 3.32. The summed E-state index contributed by atoms with van der Waals surface area (Å²) in [6.07, 6.45) is 1.62. The molecule has 0 unspecified atom stereocenters. The second-order valence-electron chi connectivity index (χ2n) is 4.81. The molecule has 0 aliphatic rings. The van der Waals surface area contributed by atoms with E-state index in [1.54, 1.807) is 0 Å². The van der Waals surface area contributed by atoms with Gasteiger partial charge in [0, 0.05) is 10.0 Å². The lowest BCUT2D eigenvalue weighted by molar-refractivity contribution is 1.13. The maximum atomic E-state index is 5.92. The minimum atomic E-state index is 0.720. The Balaban J connectivity index is 2.31. The van der Waals surface area contributed by atoms with Gasteiger partial charge in [0.2, 0.25) is 0 Å². The molecule has 0 radical (unpaired) electrons. The lowest BCUT2D eigenvalue weighted by Crippen LogP contribution is -2.01. The van der Waals surface area contributed by atoms with Crippen molar-refractivity contribution in [3.8, 4) is 0 Å². The Morgan fingerprint density at radius 3 is 1.27 bits per heavy atom. The second kappa shape index (κ2) is 8.11. The smallest absolute Gasteiger partial charge is 0.0700 e. The van der Waals surface area contributed by atoms with Crippen LogP contribution in [-0.4, -0.2) is 11.4 Å². The summed E-state index contributed by atoms with van der Waals surface area (Å²) in [5, 5.41) is 10.3. The predicted octanol–water partition coefficient (Wildman–Crippen LogP) is 6.01. The molecule has 0 heterocycles. The van der Waals surface area contributed by atoms with Crippen molar-refractivity contribution in [2.45, 2.75) is 26.7 Å². The molecule has 0 spiro atoms. The first-order chi connectivity index (χ1) is 10.6. The molecule has 0 fully saturated rings. The summed E-state index contributed by atoms with van der Waals surface area (Å²) < 4.78 is 0. The Morgan fingerprint density at radius 1 is 0.682 bits per heavy atom. The quantitative estimate of drug-likeness (QED) is 0.473. The molecule has 22 heavy (non-hydrogen) atoms. The normalized spacial score (nSPS) is 12.5. The van der Waals surface area contributed by atoms with Crippen LogP contribution in [0.15, 0.2) is 58.7 Å². The summed E-state index contributed by atoms with van der Waals surface area (Å²) in [5.74, 6) is 0. The molecule has 0 atom stereocenters. The molecule has 2 aromatic carbocycles. The first-order valence-electron chi connectivity index (χ1n) is 7.29. The average Bonchev–Trinajstić information content (AvgIpc) is 2.54. The van der Waals surface area contributed by atoms with Crippen molar-refractivity contribution >= 4 is 34.6 Å². The van der Waals surface area contributed by atoms with Crippen molar-refractivity contribution in [1.29, 1.82) is 0 Å². The number of hydrogen-bond donors (Lipinski definition) is 0. The van der Waals surface area contributed by atoms with Crippen LogP contribution in [0.25, 0.3) is 0 Å². The maximum Gasteiger partial charge on any atom is 0.0700 e. The molecule has 0 aromatic heterocycles. The van der Waals surface area contributed by atoms with E-state index >= 15 is 0 Å². The zero-order chi connectivity index (χ0) is 15.9. The summed E-state index contributed by atoms with van der Waals surface area (Å²) in [7, 11) is 0. The van der Waals surface area contributed by atoms with Crippen molar-refractivity contribution in [2.75, 3.05) is 0 Å². The van der Waals surface area contributed by atoms with Crippen molar-refractivity contribution in [3.05, 3.63) is 69.7 Å². The van der Waals surface area contributed by atoms with E-state index < -0.39 is 0 Å². The monoisotopic (exact) mass is 332 g/mol. The Kier molecular flexibility index (Phi) is 6.17. The van der Waals surface area contributed by atoms with Gasteiger partial charge in [0.15, 0.2) is 0 Å². The van der Waals surface area contributed by atoms with Gasteiger partial charge in [-0.3, -0.25) is 0 Å². The molecule has 0 amide bonds. The van der Waals surface area contributed by atoms with Crippen LogP contribution in [0.3, 0.4) is 0 Å². The molecule has 0 bridgehead atoms. The van der Waals surface area contributed by atoms with Crippen molar-refractivity contribution < 1.29 is 0 Å². The summed E-state index contributed by atoms with van der Waals surface area (Å²) in [4.78, 5) is 0. The number of nitrogens with zero attached hydrogens (tertiary/aromatic N) is 2. The highest BCUT2D eigenvalue weighted by Crippen LogP contribution is 2.14. The van der Waals surface area contributed by atoms with Gasteiger partial charge in [-0.05, 0) is 48.2 Å². The van der Waals surface area contributed by atoms with Crippen LogP contribution in [0.2, 0.25) is 10.0 Å². The Bertz CT molecular complexity index is 610. The van der Waals surface area contributed by atoms with E-state index in [4.69, 9.17) is 23.2 Å². The lowest BCUT2D eigenvalue weighted by atomic mass is 10.1. The van der Waals surface area contributed by atoms with Crippen LogP contribution < -0.4 is 0 Å². The molecule has 2 nitrogen and oxygen atoms in total. The fourth-order valence-electron chi connectivity index (χ4n) is 2.07. The van der Waals surface area contributed by atoms with Gasteiger partial charge in [-0.15, -0.1) is 0 Å². The molecule has 4 heteroatoms. The molecule has 114 valence electrons. The molecule has 0 N–H and O–H groups in total. The standard InChI is InChI=1S/C18H18Cl2N2/c1-3-17(13-5-9-15(19)10-6-13)21-22-18(4-2)14-7-11-16(20)12-8-14/h5-12H,3-4H2,1-2H3/b21-17+,22-18?. The van der Waals surface area contributed by atoms with Crippen molar-refractivity contribution in [2.24, 2.45) is 10.2 Å². The molecule has 0 aliphatic heterocycles. The maximum absolute atomic E-state index is 5.92. The Morgan fingerprint density at radius 2 is 1.00 bits per heavy atom. The van der Waals surface area contributed by atoms with E-state index in [0.29, 0.717) is 0 Å². The molecular weight excluding hydrogens is 315 g/mol. The molecule has 0 aliphatic carbocycles. The molecule has 2 rings (SSSR count). The van der Waals surface area contributed by atoms with Gasteiger partial charge < -0.3 is 0 Å². The van der Waals surface area contributed by atoms with Gasteiger partial charge >= 0.3 is 0 Å². The zero-order valence-electron chi connectivity index (χ0n) is 12.7. The topological polar surface area (TPSA) is 24.7 Å². The number of benzene rings is 2. The fraction of sp³-hybridized carbons (Fsp3) is 0.222. The van der Waals surface area contributed by atoms with Gasteiger partial charge in [-0.1, -0.05) is 61.3 Å². The summed E-state index contributed by atoms with van der Waals surface area (Å²) >= 11 is 11.8. The van der Waals surface area contributed by atoms with E-state index in [2.05, 4.69) is 24.1 Å². The molecule has 0 saturated heterocycles. The van der Waals surface area contributed by atoms with E-state index in [1.165, 1.54) is 0 Å². The van der Waals surface area contributed by atoms with Gasteiger partial charge in [-0.2, -0.15) is 10.2 Å². The fourth-order valence-corrected chi connectivity index (χ4v) is 2.32. The van der Waals surface area contributed by atoms with E-state index in [0.717, 1.165) is 45.4 Å². The van der Waals surface area contributed by atoms with Crippen LogP contribution in [0.5, 0.6) is 0 Å². The van der Waals surface area contributed by atoms with Gasteiger partial charge in [-0.25, -0.2) is 0 Å². The van der Waals surface area contributed by atoms with Crippen LogP contribution in [-0.2, 0) is 0 Å². The third-order valence-corrected chi connectivity index (χ3v) is 3.82. The number of rotatable bonds is 5. The number of hydrogen-bond acceptors (Lipinski definition) is 2. The Hall–Kier alpha value is -1.64. The van der Waals surface area contributed by atoms with E-state index in [1.807, 2.05) is 48.5 Å². The minimum Gasteiger partial charge on any atom is -0.155 e. The first kappa shape index (κ1) is 16.7. The van der Waals surface area contributed by atoms with Gasteiger partial charge in [0.25, 0.3) is 0 Å². The average molecular weight is 333 g/mol. The van der Waals surface area contributed by atoms with E-state index in [-0.39, 0.29) is 0 Å². The minimum absolute atomic E-state index is 0.720. The Labute approximate surface area is 141 Å². The predicted molar refractivity (Wildman–Crippen MR) is 96.6 cm³/mol. The molecule has 0 saturated carbocycles. The summed E-state index contributed by atoms with van der Waals surface area (Å²) in [6.45, 7) is 4.13. The van der Waals surface area contributed by atoms with Gasteiger partial charge in [0.05, 0.1) is 11.4 Å². The van der Waals surface area contributed by atoms with Crippen LogP contribution in [0.4, 0.5) is 0 Å². The highest BCUT2D eigenvalue weighted by molar-refractivity contribution is 6.31. The number of halogens is 2. The zero-order valence-corrected chi connectivity index (χ0v) is 14.2. The van der Waals surface area contributed by atoms with Crippen LogP contribution in [0.1, 0.15) is 37.8 Å². The van der Waals surface area contributed by atoms with Crippen molar-refractivity contribution in [3.63, 3.8) is 0 Å². The summed E-state index contributed by atoms with van der Waals surface area (Å²) in [6, 6.07) is 15.3. The molecular formula is C18H18Cl2N2. The van der Waals surface area contributed by atoms with Crippen LogP contribution in [0, 0.1) is 0 Å². The highest BCUT2D eigenvalue weighted by atomic mass is 35.5. The highest BCUT2D eigenvalue weighted by Gasteiger charge is 2.04. The summed E-state index contributed by atoms with van der Waals surface area (Å²) in [5.41, 5.74) is 3.97. The second-order valence-corrected chi connectivity index (χ2v) is 5.69. The molecule has 2 aromatic rings.